The van der Waals surface area contributed by atoms with E-state index < -0.39 is 17.7 Å². The first-order chi connectivity index (χ1) is 7.70. The molecule has 0 spiro atoms. The standard InChI is InChI=1S/C13H19F2NO.ClH/c1-13(2,3)12(16)7-11(17)8-4-9(14)6-10(15)5-8;/h4-6,11-12,17H,7,16H2,1-3H3;1H/t11-,12+;/m0./s1. The summed E-state index contributed by atoms with van der Waals surface area (Å²) < 4.78 is 26.0. The van der Waals surface area contributed by atoms with Crippen molar-refractivity contribution in [3.63, 3.8) is 0 Å². The van der Waals surface area contributed by atoms with E-state index >= 15 is 0 Å². The van der Waals surface area contributed by atoms with Crippen molar-refractivity contribution in [2.24, 2.45) is 11.1 Å². The van der Waals surface area contributed by atoms with E-state index in [1.165, 1.54) is 0 Å². The van der Waals surface area contributed by atoms with Crippen LogP contribution in [0.3, 0.4) is 0 Å². The molecule has 0 radical (unpaired) electrons. The van der Waals surface area contributed by atoms with E-state index in [1.54, 1.807) is 0 Å². The maximum absolute atomic E-state index is 13.0. The summed E-state index contributed by atoms with van der Waals surface area (Å²) in [5.41, 5.74) is 5.98. The minimum Gasteiger partial charge on any atom is -0.388 e. The second-order valence-electron chi connectivity index (χ2n) is 5.43. The molecule has 0 heterocycles. The molecule has 0 aromatic heterocycles. The number of halogens is 3. The summed E-state index contributed by atoms with van der Waals surface area (Å²) in [6.07, 6.45) is -0.679. The van der Waals surface area contributed by atoms with Crippen molar-refractivity contribution < 1.29 is 13.9 Å². The largest absolute Gasteiger partial charge is 0.388 e. The van der Waals surface area contributed by atoms with Crippen molar-refractivity contribution in [1.82, 2.24) is 0 Å². The summed E-state index contributed by atoms with van der Waals surface area (Å²) >= 11 is 0. The molecule has 0 bridgehead atoms. The molecule has 0 unspecified atom stereocenters. The summed E-state index contributed by atoms with van der Waals surface area (Å²) in [4.78, 5) is 0. The van der Waals surface area contributed by atoms with Crippen LogP contribution in [0.15, 0.2) is 18.2 Å². The molecule has 3 N–H and O–H groups in total. The van der Waals surface area contributed by atoms with Crippen molar-refractivity contribution in [2.45, 2.75) is 39.3 Å². The van der Waals surface area contributed by atoms with Crippen LogP contribution in [0.1, 0.15) is 38.9 Å². The van der Waals surface area contributed by atoms with Gasteiger partial charge in [0.2, 0.25) is 0 Å². The van der Waals surface area contributed by atoms with Crippen LogP contribution in [-0.4, -0.2) is 11.1 Å². The number of nitrogens with two attached hydrogens (primary N) is 1. The van der Waals surface area contributed by atoms with Crippen LogP contribution in [0.4, 0.5) is 8.78 Å². The Morgan fingerprint density at radius 1 is 1.17 bits per heavy atom. The number of benzene rings is 1. The zero-order valence-electron chi connectivity index (χ0n) is 10.8. The number of hydrogen-bond donors (Lipinski definition) is 2. The first-order valence-electron chi connectivity index (χ1n) is 5.60. The predicted octanol–water partition coefficient (Wildman–Crippen LogP) is 3.18. The van der Waals surface area contributed by atoms with Crippen LogP contribution in [0.2, 0.25) is 0 Å². The molecule has 1 aromatic carbocycles. The van der Waals surface area contributed by atoms with Gasteiger partial charge in [0.1, 0.15) is 11.6 Å². The summed E-state index contributed by atoms with van der Waals surface area (Å²) in [7, 11) is 0. The Morgan fingerprint density at radius 2 is 1.61 bits per heavy atom. The predicted molar refractivity (Wildman–Crippen MR) is 70.6 cm³/mol. The van der Waals surface area contributed by atoms with Gasteiger partial charge in [-0.05, 0) is 29.5 Å². The summed E-state index contributed by atoms with van der Waals surface area (Å²) in [6.45, 7) is 5.86. The molecular formula is C13H20ClF2NO. The molecule has 5 heteroatoms. The molecule has 0 aliphatic carbocycles. The Morgan fingerprint density at radius 3 is 2.00 bits per heavy atom. The Balaban J connectivity index is 0.00000289. The molecule has 0 saturated heterocycles. The van der Waals surface area contributed by atoms with Gasteiger partial charge in [0.25, 0.3) is 0 Å². The minimum atomic E-state index is -0.950. The van der Waals surface area contributed by atoms with E-state index in [9.17, 15) is 13.9 Å². The smallest absolute Gasteiger partial charge is 0.126 e. The van der Waals surface area contributed by atoms with Crippen molar-refractivity contribution in [3.8, 4) is 0 Å². The van der Waals surface area contributed by atoms with E-state index in [0.29, 0.717) is 0 Å². The van der Waals surface area contributed by atoms with E-state index in [-0.39, 0.29) is 35.8 Å². The van der Waals surface area contributed by atoms with Gasteiger partial charge in [-0.1, -0.05) is 20.8 Å². The molecular weight excluding hydrogens is 260 g/mol. The van der Waals surface area contributed by atoms with Crippen LogP contribution in [0, 0.1) is 17.0 Å². The summed E-state index contributed by atoms with van der Waals surface area (Å²) in [5.74, 6) is -1.38. The average Bonchev–Trinajstić information content (AvgIpc) is 2.14. The number of aliphatic hydroxyl groups excluding tert-OH is 1. The third-order valence-corrected chi connectivity index (χ3v) is 2.86. The second-order valence-corrected chi connectivity index (χ2v) is 5.43. The number of aliphatic hydroxyl groups is 1. The molecule has 0 amide bonds. The lowest BCUT2D eigenvalue weighted by molar-refractivity contribution is 0.133. The fraction of sp³-hybridized carbons (Fsp3) is 0.538. The quantitative estimate of drug-likeness (QED) is 0.893. The van der Waals surface area contributed by atoms with Crippen molar-refractivity contribution in [3.05, 3.63) is 35.4 Å². The third kappa shape index (κ3) is 4.88. The van der Waals surface area contributed by atoms with Crippen LogP contribution in [0.25, 0.3) is 0 Å². The average molecular weight is 280 g/mol. The van der Waals surface area contributed by atoms with Gasteiger partial charge in [0.15, 0.2) is 0 Å². The van der Waals surface area contributed by atoms with E-state index in [1.807, 2.05) is 20.8 Å². The molecule has 2 nitrogen and oxygen atoms in total. The maximum Gasteiger partial charge on any atom is 0.126 e. The normalized spacial score (nSPS) is 14.8. The number of rotatable bonds is 3. The zero-order valence-corrected chi connectivity index (χ0v) is 11.6. The van der Waals surface area contributed by atoms with Crippen LogP contribution >= 0.6 is 12.4 Å². The van der Waals surface area contributed by atoms with Crippen molar-refractivity contribution >= 4 is 12.4 Å². The molecule has 1 rings (SSSR count). The number of hydrogen-bond acceptors (Lipinski definition) is 2. The monoisotopic (exact) mass is 279 g/mol. The molecule has 0 saturated carbocycles. The van der Waals surface area contributed by atoms with Gasteiger partial charge in [0.05, 0.1) is 6.10 Å². The summed E-state index contributed by atoms with van der Waals surface area (Å²) in [5, 5.41) is 9.89. The van der Waals surface area contributed by atoms with E-state index in [0.717, 1.165) is 18.2 Å². The molecule has 0 aliphatic rings. The Labute approximate surface area is 113 Å². The lowest BCUT2D eigenvalue weighted by Crippen LogP contribution is -2.36. The van der Waals surface area contributed by atoms with E-state index in [2.05, 4.69) is 0 Å². The second kappa shape index (κ2) is 6.45. The fourth-order valence-electron chi connectivity index (χ4n) is 1.50. The highest BCUT2D eigenvalue weighted by atomic mass is 35.5. The topological polar surface area (TPSA) is 46.2 Å². The third-order valence-electron chi connectivity index (χ3n) is 2.86. The van der Waals surface area contributed by atoms with Crippen LogP contribution < -0.4 is 5.73 Å². The Hall–Kier alpha value is -0.710. The van der Waals surface area contributed by atoms with Gasteiger partial charge in [-0.2, -0.15) is 0 Å². The SMILES string of the molecule is CC(C)(C)[C@H](N)C[C@H](O)c1cc(F)cc(F)c1.Cl. The first kappa shape index (κ1) is 17.3. The maximum atomic E-state index is 13.0. The highest BCUT2D eigenvalue weighted by Gasteiger charge is 2.24. The molecule has 104 valence electrons. The lowest BCUT2D eigenvalue weighted by Gasteiger charge is -2.29. The lowest BCUT2D eigenvalue weighted by atomic mass is 9.83. The van der Waals surface area contributed by atoms with Crippen molar-refractivity contribution in [2.75, 3.05) is 0 Å². The van der Waals surface area contributed by atoms with Crippen LogP contribution in [0.5, 0.6) is 0 Å². The Kier molecular flexibility index (Phi) is 6.20. The highest BCUT2D eigenvalue weighted by Crippen LogP contribution is 2.27. The molecule has 2 atom stereocenters. The fourth-order valence-corrected chi connectivity index (χ4v) is 1.50. The van der Waals surface area contributed by atoms with Gasteiger partial charge < -0.3 is 10.8 Å². The summed E-state index contributed by atoms with van der Waals surface area (Å²) in [6, 6.07) is 2.79. The molecule has 0 aliphatic heterocycles. The molecule has 18 heavy (non-hydrogen) atoms. The molecule has 1 aromatic rings. The van der Waals surface area contributed by atoms with Gasteiger partial charge in [-0.3, -0.25) is 0 Å². The molecule has 0 fully saturated rings. The first-order valence-corrected chi connectivity index (χ1v) is 5.60. The Bertz CT molecular complexity index is 373. The van der Waals surface area contributed by atoms with E-state index in [4.69, 9.17) is 5.73 Å². The van der Waals surface area contributed by atoms with Crippen LogP contribution in [-0.2, 0) is 0 Å². The van der Waals surface area contributed by atoms with Gasteiger partial charge in [0, 0.05) is 12.1 Å². The minimum absolute atomic E-state index is 0. The highest BCUT2D eigenvalue weighted by molar-refractivity contribution is 5.85. The zero-order chi connectivity index (χ0) is 13.2. The van der Waals surface area contributed by atoms with Crippen molar-refractivity contribution in [1.29, 1.82) is 0 Å². The van der Waals surface area contributed by atoms with Gasteiger partial charge in [-0.15, -0.1) is 12.4 Å². The van der Waals surface area contributed by atoms with Gasteiger partial charge >= 0.3 is 0 Å². The van der Waals surface area contributed by atoms with Gasteiger partial charge in [-0.25, -0.2) is 8.78 Å².